The number of carbonyl (C=O) groups excluding carboxylic acids is 3. The molecule has 0 saturated carbocycles. The van der Waals surface area contributed by atoms with Crippen LogP contribution in [0.4, 0.5) is 5.69 Å². The summed E-state index contributed by atoms with van der Waals surface area (Å²) in [4.78, 5) is 45.4. The Morgan fingerprint density at radius 2 is 1.97 bits per heavy atom. The Morgan fingerprint density at radius 1 is 1.24 bits per heavy atom. The zero-order chi connectivity index (χ0) is 20.8. The lowest BCUT2D eigenvalue weighted by atomic mass is 9.78. The van der Waals surface area contributed by atoms with Crippen molar-refractivity contribution in [1.82, 2.24) is 9.88 Å². The van der Waals surface area contributed by atoms with E-state index in [9.17, 15) is 14.4 Å². The first-order valence-corrected chi connectivity index (χ1v) is 9.82. The van der Waals surface area contributed by atoms with Gasteiger partial charge in [-0.2, -0.15) is 0 Å². The summed E-state index contributed by atoms with van der Waals surface area (Å²) in [5, 5.41) is 2.86. The molecule has 2 aliphatic heterocycles. The predicted molar refractivity (Wildman–Crippen MR) is 108 cm³/mol. The number of carbonyl (C=O) groups is 3. The molecule has 1 fully saturated rings. The number of benzene rings is 1. The molecule has 3 atom stereocenters. The Balaban J connectivity index is 1.95. The second-order valence-electron chi connectivity index (χ2n) is 8.13. The molecular weight excluding hydrogens is 368 g/mol. The van der Waals surface area contributed by atoms with Gasteiger partial charge in [0.05, 0.1) is 5.92 Å². The summed E-state index contributed by atoms with van der Waals surface area (Å²) in [5.74, 6) is -1.89. The summed E-state index contributed by atoms with van der Waals surface area (Å²) in [5.41, 5.74) is 5.79. The molecule has 3 amide bonds. The molecule has 1 spiro atoms. The Bertz CT molecular complexity index is 975. The van der Waals surface area contributed by atoms with Crippen LogP contribution in [0.1, 0.15) is 42.7 Å². The molecule has 7 nitrogen and oxygen atoms in total. The molecule has 0 radical (unpaired) electrons. The Morgan fingerprint density at radius 3 is 2.62 bits per heavy atom. The molecule has 1 aromatic carbocycles. The third-order valence-electron chi connectivity index (χ3n) is 5.88. The fraction of sp³-hybridized carbons (Fsp3) is 0.364. The minimum atomic E-state index is -1.46. The molecule has 150 valence electrons. The standard InChI is InChI=1S/C22H24N4O3/c1-13(2)11-14-12-16(19(23)27)22(15-7-3-4-8-17(15)25-21(22)29)26(14)20(28)18-9-5-6-10-24-18/h3-10,13-14,16H,11-12H2,1-2H3,(H2,23,27)(H,25,29)/t14-,16-,22+/m0/s1. The van der Waals surface area contributed by atoms with Crippen molar-refractivity contribution in [2.45, 2.75) is 38.3 Å². The third-order valence-corrected chi connectivity index (χ3v) is 5.88. The number of anilines is 1. The van der Waals surface area contributed by atoms with Gasteiger partial charge in [0.1, 0.15) is 5.69 Å². The number of pyridine rings is 1. The number of nitrogens with two attached hydrogens (primary N) is 1. The number of aromatic nitrogens is 1. The lowest BCUT2D eigenvalue weighted by Crippen LogP contribution is -2.57. The summed E-state index contributed by atoms with van der Waals surface area (Å²) in [6, 6.07) is 12.0. The Kier molecular flexibility index (Phi) is 4.61. The van der Waals surface area contributed by atoms with E-state index in [4.69, 9.17) is 5.73 Å². The maximum atomic E-state index is 13.7. The van der Waals surface area contributed by atoms with E-state index >= 15 is 0 Å². The maximum Gasteiger partial charge on any atom is 0.273 e. The van der Waals surface area contributed by atoms with Crippen LogP contribution in [0.2, 0.25) is 0 Å². The summed E-state index contributed by atoms with van der Waals surface area (Å²) in [7, 11) is 0. The lowest BCUT2D eigenvalue weighted by molar-refractivity contribution is -0.134. The Labute approximate surface area is 169 Å². The molecule has 2 aromatic rings. The number of likely N-dealkylation sites (tertiary alicyclic amines) is 1. The molecule has 2 aliphatic rings. The molecule has 1 saturated heterocycles. The molecule has 3 heterocycles. The van der Waals surface area contributed by atoms with Crippen LogP contribution in [-0.4, -0.2) is 33.6 Å². The average molecular weight is 392 g/mol. The number of nitrogens with zero attached hydrogens (tertiary/aromatic N) is 2. The van der Waals surface area contributed by atoms with Crippen molar-refractivity contribution in [2.75, 3.05) is 5.32 Å². The van der Waals surface area contributed by atoms with Gasteiger partial charge in [-0.25, -0.2) is 0 Å². The minimum absolute atomic E-state index is 0.239. The van der Waals surface area contributed by atoms with E-state index in [1.807, 2.05) is 6.07 Å². The van der Waals surface area contributed by atoms with E-state index < -0.39 is 23.3 Å². The summed E-state index contributed by atoms with van der Waals surface area (Å²) < 4.78 is 0. The van der Waals surface area contributed by atoms with Gasteiger partial charge in [0.2, 0.25) is 5.91 Å². The molecule has 4 rings (SSSR count). The number of hydrogen-bond donors (Lipinski definition) is 2. The van der Waals surface area contributed by atoms with Gasteiger partial charge < -0.3 is 16.0 Å². The van der Waals surface area contributed by atoms with Crippen LogP contribution in [0.5, 0.6) is 0 Å². The summed E-state index contributed by atoms with van der Waals surface area (Å²) in [6.07, 6.45) is 2.54. The first-order valence-electron chi connectivity index (χ1n) is 9.82. The van der Waals surface area contributed by atoms with Gasteiger partial charge >= 0.3 is 0 Å². The highest BCUT2D eigenvalue weighted by Crippen LogP contribution is 2.54. The van der Waals surface area contributed by atoms with Crippen molar-refractivity contribution >= 4 is 23.4 Å². The van der Waals surface area contributed by atoms with E-state index in [1.165, 1.54) is 0 Å². The summed E-state index contributed by atoms with van der Waals surface area (Å²) >= 11 is 0. The molecular formula is C22H24N4O3. The van der Waals surface area contributed by atoms with Crippen LogP contribution >= 0.6 is 0 Å². The number of primary amides is 1. The number of para-hydroxylation sites is 1. The molecule has 0 bridgehead atoms. The van der Waals surface area contributed by atoms with Crippen LogP contribution in [0.3, 0.4) is 0 Å². The fourth-order valence-corrected chi connectivity index (χ4v) is 4.86. The third kappa shape index (κ3) is 2.80. The second kappa shape index (κ2) is 6.99. The van der Waals surface area contributed by atoms with Crippen molar-refractivity contribution in [3.8, 4) is 0 Å². The second-order valence-corrected chi connectivity index (χ2v) is 8.13. The fourth-order valence-electron chi connectivity index (χ4n) is 4.86. The van der Waals surface area contributed by atoms with Crippen LogP contribution < -0.4 is 11.1 Å². The van der Waals surface area contributed by atoms with E-state index in [-0.39, 0.29) is 23.6 Å². The van der Waals surface area contributed by atoms with Gasteiger partial charge in [0.15, 0.2) is 5.54 Å². The zero-order valence-electron chi connectivity index (χ0n) is 16.5. The smallest absolute Gasteiger partial charge is 0.273 e. The SMILES string of the molecule is CC(C)C[C@H]1C[C@@H](C(N)=O)[C@]2(C(=O)Nc3ccccc32)N1C(=O)c1ccccn1. The van der Waals surface area contributed by atoms with E-state index in [0.717, 1.165) is 0 Å². The van der Waals surface area contributed by atoms with Gasteiger partial charge in [-0.3, -0.25) is 19.4 Å². The molecule has 0 aliphatic carbocycles. The van der Waals surface area contributed by atoms with E-state index in [0.29, 0.717) is 24.1 Å². The molecule has 29 heavy (non-hydrogen) atoms. The van der Waals surface area contributed by atoms with E-state index in [1.54, 1.807) is 47.5 Å². The van der Waals surface area contributed by atoms with E-state index in [2.05, 4.69) is 24.1 Å². The van der Waals surface area contributed by atoms with Gasteiger partial charge in [-0.05, 0) is 37.0 Å². The number of nitrogens with one attached hydrogen (secondary N) is 1. The molecule has 1 aromatic heterocycles. The molecule has 7 heteroatoms. The monoisotopic (exact) mass is 392 g/mol. The van der Waals surface area contributed by atoms with Gasteiger partial charge in [-0.1, -0.05) is 38.1 Å². The van der Waals surface area contributed by atoms with Crippen LogP contribution in [-0.2, 0) is 15.1 Å². The highest BCUT2D eigenvalue weighted by Gasteiger charge is 2.66. The quantitative estimate of drug-likeness (QED) is 0.833. The van der Waals surface area contributed by atoms with Crippen LogP contribution in [0.15, 0.2) is 48.7 Å². The summed E-state index contributed by atoms with van der Waals surface area (Å²) in [6.45, 7) is 4.10. The normalized spacial score (nSPS) is 25.3. The highest BCUT2D eigenvalue weighted by molar-refractivity contribution is 6.12. The number of amides is 3. The van der Waals surface area contributed by atoms with Crippen molar-refractivity contribution in [1.29, 1.82) is 0 Å². The van der Waals surface area contributed by atoms with Gasteiger partial charge in [0.25, 0.3) is 11.8 Å². The van der Waals surface area contributed by atoms with Crippen molar-refractivity contribution < 1.29 is 14.4 Å². The molecule has 0 unspecified atom stereocenters. The highest BCUT2D eigenvalue weighted by atomic mass is 16.2. The number of fused-ring (bicyclic) bond motifs is 2. The number of rotatable bonds is 4. The Hall–Kier alpha value is -3.22. The first-order chi connectivity index (χ1) is 13.9. The maximum absolute atomic E-state index is 13.7. The largest absolute Gasteiger partial charge is 0.369 e. The number of hydrogen-bond acceptors (Lipinski definition) is 4. The van der Waals surface area contributed by atoms with Crippen molar-refractivity contribution in [2.24, 2.45) is 17.6 Å². The van der Waals surface area contributed by atoms with Crippen molar-refractivity contribution in [3.63, 3.8) is 0 Å². The van der Waals surface area contributed by atoms with Crippen LogP contribution in [0, 0.1) is 11.8 Å². The lowest BCUT2D eigenvalue weighted by Gasteiger charge is -2.39. The predicted octanol–water partition coefficient (Wildman–Crippen LogP) is 2.29. The zero-order valence-corrected chi connectivity index (χ0v) is 16.5. The average Bonchev–Trinajstić information content (AvgIpc) is 3.18. The topological polar surface area (TPSA) is 105 Å². The van der Waals surface area contributed by atoms with Crippen LogP contribution in [0.25, 0.3) is 0 Å². The molecule has 3 N–H and O–H groups in total. The van der Waals surface area contributed by atoms with Gasteiger partial charge in [-0.15, -0.1) is 0 Å². The van der Waals surface area contributed by atoms with Crippen molar-refractivity contribution in [3.05, 3.63) is 59.9 Å². The van der Waals surface area contributed by atoms with Gasteiger partial charge in [0, 0.05) is 23.5 Å². The minimum Gasteiger partial charge on any atom is -0.369 e. The first kappa shape index (κ1) is 19.1.